The monoisotopic (exact) mass is 426 g/mol. The fourth-order valence-corrected chi connectivity index (χ4v) is 4.90. The van der Waals surface area contributed by atoms with E-state index in [1.54, 1.807) is 23.1 Å². The molecule has 30 heavy (non-hydrogen) atoms. The number of hydrogen-bond donors (Lipinski definition) is 0. The van der Waals surface area contributed by atoms with Gasteiger partial charge in [-0.25, -0.2) is 17.9 Å². The van der Waals surface area contributed by atoms with Crippen molar-refractivity contribution < 1.29 is 13.2 Å². The molecule has 0 N–H and O–H groups in total. The van der Waals surface area contributed by atoms with Crippen LogP contribution in [-0.4, -0.2) is 41.7 Å². The summed E-state index contributed by atoms with van der Waals surface area (Å²) in [7, 11) is -3.26. The fraction of sp³-hybridized carbons (Fsp3) is 0.409. The predicted molar refractivity (Wildman–Crippen MR) is 116 cm³/mol. The number of carbonyl (C=O) groups is 1. The van der Waals surface area contributed by atoms with Gasteiger partial charge in [-0.1, -0.05) is 0 Å². The molecule has 0 bridgehead atoms. The highest BCUT2D eigenvalue weighted by Crippen LogP contribution is 2.30. The highest BCUT2D eigenvalue weighted by atomic mass is 32.2. The molecule has 0 saturated heterocycles. The van der Waals surface area contributed by atoms with Crippen molar-refractivity contribution in [2.45, 2.75) is 51.3 Å². The molecule has 158 valence electrons. The predicted octanol–water partition coefficient (Wildman–Crippen LogP) is 2.97. The first-order valence-electron chi connectivity index (χ1n) is 10.1. The fourth-order valence-electron chi connectivity index (χ4n) is 4.23. The number of anilines is 1. The van der Waals surface area contributed by atoms with E-state index in [1.165, 1.54) is 6.26 Å². The summed E-state index contributed by atoms with van der Waals surface area (Å²) in [4.78, 5) is 19.8. The molecule has 0 radical (unpaired) electrons. The van der Waals surface area contributed by atoms with Gasteiger partial charge in [0.15, 0.2) is 15.5 Å². The van der Waals surface area contributed by atoms with E-state index in [2.05, 4.69) is 10.1 Å². The highest BCUT2D eigenvalue weighted by Gasteiger charge is 2.24. The molecule has 0 atom stereocenters. The van der Waals surface area contributed by atoms with Crippen molar-refractivity contribution in [3.63, 3.8) is 0 Å². The van der Waals surface area contributed by atoms with E-state index >= 15 is 0 Å². The normalized spacial score (nSPS) is 14.2. The first kappa shape index (κ1) is 20.5. The summed E-state index contributed by atoms with van der Waals surface area (Å²) in [6.07, 6.45) is 3.76. The van der Waals surface area contributed by atoms with E-state index in [0.717, 1.165) is 52.4 Å². The number of hydrogen-bond acceptors (Lipinski definition) is 5. The van der Waals surface area contributed by atoms with Gasteiger partial charge in [0.2, 0.25) is 5.91 Å². The number of benzene rings is 1. The van der Waals surface area contributed by atoms with Gasteiger partial charge in [0, 0.05) is 42.4 Å². The number of carbonyl (C=O) groups excluding carboxylic acids is 1. The zero-order valence-corrected chi connectivity index (χ0v) is 18.6. The van der Waals surface area contributed by atoms with Crippen molar-refractivity contribution in [2.75, 3.05) is 17.7 Å². The van der Waals surface area contributed by atoms with Crippen LogP contribution in [0, 0.1) is 20.8 Å². The van der Waals surface area contributed by atoms with Gasteiger partial charge in [0.25, 0.3) is 0 Å². The molecule has 7 nitrogen and oxygen atoms in total. The molecule has 1 aromatic carbocycles. The second-order valence-corrected chi connectivity index (χ2v) is 10.0. The van der Waals surface area contributed by atoms with Crippen LogP contribution in [0.25, 0.3) is 5.65 Å². The van der Waals surface area contributed by atoms with Gasteiger partial charge in [-0.3, -0.25) is 4.79 Å². The Labute approximate surface area is 176 Å². The number of rotatable bonds is 4. The van der Waals surface area contributed by atoms with E-state index in [1.807, 2.05) is 31.4 Å². The molecular weight excluding hydrogens is 400 g/mol. The van der Waals surface area contributed by atoms with Crippen LogP contribution in [-0.2, 0) is 27.5 Å². The maximum absolute atomic E-state index is 13.1. The van der Waals surface area contributed by atoms with Gasteiger partial charge in [-0.15, -0.1) is 0 Å². The Morgan fingerprint density at radius 3 is 2.67 bits per heavy atom. The molecule has 0 spiro atoms. The minimum Gasteiger partial charge on any atom is -0.312 e. The number of aryl methyl sites for hydroxylation is 4. The van der Waals surface area contributed by atoms with E-state index in [9.17, 15) is 13.2 Å². The molecule has 1 aliphatic rings. The van der Waals surface area contributed by atoms with Crippen LogP contribution in [0.2, 0.25) is 0 Å². The van der Waals surface area contributed by atoms with Crippen LogP contribution in [0.1, 0.15) is 41.1 Å². The highest BCUT2D eigenvalue weighted by molar-refractivity contribution is 7.90. The van der Waals surface area contributed by atoms with Crippen molar-refractivity contribution in [3.05, 3.63) is 52.5 Å². The lowest BCUT2D eigenvalue weighted by molar-refractivity contribution is -0.118. The Bertz CT molecular complexity index is 1260. The Kier molecular flexibility index (Phi) is 5.13. The molecule has 1 amide bonds. The molecule has 0 unspecified atom stereocenters. The van der Waals surface area contributed by atoms with E-state index < -0.39 is 9.84 Å². The van der Waals surface area contributed by atoms with Crippen molar-refractivity contribution in [3.8, 4) is 0 Å². The summed E-state index contributed by atoms with van der Waals surface area (Å²) in [5.41, 5.74) is 6.45. The molecule has 0 fully saturated rings. The minimum absolute atomic E-state index is 0.0404. The maximum Gasteiger partial charge on any atom is 0.227 e. The van der Waals surface area contributed by atoms with Gasteiger partial charge in [0.05, 0.1) is 10.6 Å². The summed E-state index contributed by atoms with van der Waals surface area (Å²) in [5.74, 6) is 0.0404. The Balaban J connectivity index is 1.57. The zero-order valence-electron chi connectivity index (χ0n) is 17.8. The Morgan fingerprint density at radius 1 is 1.17 bits per heavy atom. The SMILES string of the molecule is Cc1cc2nc(C)c(CCC(=O)N3CCCc4cc(S(C)(=O)=O)ccc43)c(C)n2n1. The first-order valence-corrected chi connectivity index (χ1v) is 12.0. The maximum atomic E-state index is 13.1. The van der Waals surface area contributed by atoms with Crippen LogP contribution in [0.4, 0.5) is 5.69 Å². The van der Waals surface area contributed by atoms with Gasteiger partial charge >= 0.3 is 0 Å². The molecule has 4 rings (SSSR count). The minimum atomic E-state index is -3.26. The second-order valence-electron chi connectivity index (χ2n) is 8.03. The standard InChI is InChI=1S/C22H26N4O3S/c1-14-12-21-23-15(2)19(16(3)26(21)24-14)8-10-22(27)25-11-5-6-17-13-18(30(4,28)29)7-9-20(17)25/h7,9,12-13H,5-6,8,10-11H2,1-4H3. The molecule has 0 saturated carbocycles. The number of aromatic nitrogens is 3. The van der Waals surface area contributed by atoms with Crippen molar-refractivity contribution in [1.29, 1.82) is 0 Å². The number of sulfone groups is 1. The third kappa shape index (κ3) is 3.71. The Morgan fingerprint density at radius 2 is 1.93 bits per heavy atom. The number of amides is 1. The lowest BCUT2D eigenvalue weighted by Gasteiger charge is -2.30. The van der Waals surface area contributed by atoms with E-state index in [-0.39, 0.29) is 5.91 Å². The molecule has 3 aromatic rings. The van der Waals surface area contributed by atoms with Gasteiger partial charge in [-0.2, -0.15) is 5.10 Å². The van der Waals surface area contributed by atoms with E-state index in [0.29, 0.717) is 24.3 Å². The zero-order chi connectivity index (χ0) is 21.6. The van der Waals surface area contributed by atoms with Crippen LogP contribution in [0.15, 0.2) is 29.2 Å². The summed E-state index contributed by atoms with van der Waals surface area (Å²) in [5, 5.41) is 4.50. The van der Waals surface area contributed by atoms with Crippen LogP contribution < -0.4 is 4.90 Å². The van der Waals surface area contributed by atoms with Gasteiger partial charge < -0.3 is 4.90 Å². The summed E-state index contributed by atoms with van der Waals surface area (Å²) < 4.78 is 25.6. The molecule has 3 heterocycles. The quantitative estimate of drug-likeness (QED) is 0.640. The third-order valence-electron chi connectivity index (χ3n) is 5.77. The molecule has 2 aromatic heterocycles. The van der Waals surface area contributed by atoms with Crippen LogP contribution >= 0.6 is 0 Å². The topological polar surface area (TPSA) is 84.6 Å². The van der Waals surface area contributed by atoms with Crippen molar-refractivity contribution in [2.24, 2.45) is 0 Å². The van der Waals surface area contributed by atoms with Crippen LogP contribution in [0.3, 0.4) is 0 Å². The molecule has 8 heteroatoms. The third-order valence-corrected chi connectivity index (χ3v) is 6.88. The largest absolute Gasteiger partial charge is 0.312 e. The van der Waals surface area contributed by atoms with Gasteiger partial charge in [0.1, 0.15) is 0 Å². The van der Waals surface area contributed by atoms with Crippen molar-refractivity contribution in [1.82, 2.24) is 14.6 Å². The van der Waals surface area contributed by atoms with Crippen LogP contribution in [0.5, 0.6) is 0 Å². The summed E-state index contributed by atoms with van der Waals surface area (Å²) in [6, 6.07) is 7.01. The molecule has 1 aliphatic heterocycles. The average Bonchev–Trinajstić information content (AvgIpc) is 3.06. The average molecular weight is 427 g/mol. The molecular formula is C22H26N4O3S. The smallest absolute Gasteiger partial charge is 0.227 e. The summed E-state index contributed by atoms with van der Waals surface area (Å²) >= 11 is 0. The lowest BCUT2D eigenvalue weighted by Crippen LogP contribution is -2.35. The van der Waals surface area contributed by atoms with E-state index in [4.69, 9.17) is 0 Å². The first-order chi connectivity index (χ1) is 14.1. The second kappa shape index (κ2) is 7.50. The van der Waals surface area contributed by atoms with Gasteiger partial charge in [-0.05, 0) is 69.4 Å². The summed E-state index contributed by atoms with van der Waals surface area (Å²) in [6.45, 7) is 6.57. The lowest BCUT2D eigenvalue weighted by atomic mass is 10.0. The van der Waals surface area contributed by atoms with Crippen molar-refractivity contribution >= 4 is 27.1 Å². The number of fused-ring (bicyclic) bond motifs is 2. The molecule has 0 aliphatic carbocycles. The number of nitrogens with zero attached hydrogens (tertiary/aromatic N) is 4. The Hall–Kier alpha value is -2.74.